The molecule has 3 rings (SSSR count). The summed E-state index contributed by atoms with van der Waals surface area (Å²) in [6, 6.07) is 14.7. The van der Waals surface area contributed by atoms with Crippen molar-refractivity contribution in [2.24, 2.45) is 5.10 Å². The van der Waals surface area contributed by atoms with Crippen molar-refractivity contribution in [3.05, 3.63) is 71.3 Å². The molecule has 188 valence electrons. The SMILES string of the molecule is COc1ccc(/C=N\NC(=O)c2ccc(NC(=O)c3cc(OC)c(OC)c(OC)c3)cc2)cc1OC. The van der Waals surface area contributed by atoms with Crippen molar-refractivity contribution in [3.8, 4) is 28.7 Å². The Morgan fingerprint density at radius 3 is 1.83 bits per heavy atom. The van der Waals surface area contributed by atoms with E-state index in [4.69, 9.17) is 23.7 Å². The van der Waals surface area contributed by atoms with Gasteiger partial charge in [-0.3, -0.25) is 9.59 Å². The zero-order valence-electron chi connectivity index (χ0n) is 20.6. The lowest BCUT2D eigenvalue weighted by Gasteiger charge is -2.14. The number of nitrogens with zero attached hydrogens (tertiary/aromatic N) is 1. The van der Waals surface area contributed by atoms with Gasteiger partial charge >= 0.3 is 0 Å². The number of nitrogens with one attached hydrogen (secondary N) is 2. The van der Waals surface area contributed by atoms with Gasteiger partial charge in [0, 0.05) is 16.8 Å². The number of ether oxygens (including phenoxy) is 5. The lowest BCUT2D eigenvalue weighted by atomic mass is 10.1. The molecule has 0 radical (unpaired) electrons. The number of hydrogen-bond acceptors (Lipinski definition) is 8. The molecule has 0 aliphatic carbocycles. The highest BCUT2D eigenvalue weighted by molar-refractivity contribution is 6.05. The number of methoxy groups -OCH3 is 5. The van der Waals surface area contributed by atoms with Crippen LogP contribution in [0.4, 0.5) is 5.69 Å². The van der Waals surface area contributed by atoms with Gasteiger partial charge in [0.05, 0.1) is 41.8 Å². The predicted octanol–water partition coefficient (Wildman–Crippen LogP) is 3.75. The summed E-state index contributed by atoms with van der Waals surface area (Å²) < 4.78 is 26.3. The van der Waals surface area contributed by atoms with Crippen LogP contribution in [0.2, 0.25) is 0 Å². The largest absolute Gasteiger partial charge is 0.493 e. The van der Waals surface area contributed by atoms with Gasteiger partial charge < -0.3 is 29.0 Å². The fourth-order valence-electron chi connectivity index (χ4n) is 3.28. The normalized spacial score (nSPS) is 10.5. The molecule has 0 atom stereocenters. The Labute approximate surface area is 208 Å². The number of anilines is 1. The van der Waals surface area contributed by atoms with Crippen LogP contribution in [0.1, 0.15) is 26.3 Å². The number of amides is 2. The Bertz CT molecular complexity index is 1230. The summed E-state index contributed by atoms with van der Waals surface area (Å²) in [4.78, 5) is 25.2. The molecule has 0 bridgehead atoms. The third kappa shape index (κ3) is 6.03. The lowest BCUT2D eigenvalue weighted by Crippen LogP contribution is -2.18. The molecule has 0 fully saturated rings. The van der Waals surface area contributed by atoms with Crippen molar-refractivity contribution < 1.29 is 33.3 Å². The topological polar surface area (TPSA) is 117 Å². The summed E-state index contributed by atoms with van der Waals surface area (Å²) in [5, 5.41) is 6.76. The van der Waals surface area contributed by atoms with E-state index in [-0.39, 0.29) is 5.91 Å². The summed E-state index contributed by atoms with van der Waals surface area (Å²) in [6.07, 6.45) is 1.49. The molecule has 0 spiro atoms. The van der Waals surface area contributed by atoms with E-state index < -0.39 is 5.91 Å². The minimum absolute atomic E-state index is 0.316. The maximum Gasteiger partial charge on any atom is 0.271 e. The quantitative estimate of drug-likeness (QED) is 0.326. The maximum atomic E-state index is 12.8. The Balaban J connectivity index is 1.64. The van der Waals surface area contributed by atoms with Crippen molar-refractivity contribution in [2.45, 2.75) is 0 Å². The second-order valence-electron chi connectivity index (χ2n) is 7.26. The van der Waals surface area contributed by atoms with Gasteiger partial charge in [0.1, 0.15) is 0 Å². The van der Waals surface area contributed by atoms with Crippen molar-refractivity contribution in [1.29, 1.82) is 0 Å². The first-order chi connectivity index (χ1) is 17.4. The van der Waals surface area contributed by atoms with Gasteiger partial charge in [-0.1, -0.05) is 0 Å². The standard InChI is InChI=1S/C26H27N3O7/c1-32-20-11-6-16(12-21(20)33-2)15-27-29-26(31)17-7-9-19(10-8-17)28-25(30)18-13-22(34-3)24(36-5)23(14-18)35-4/h6-15H,1-5H3,(H,28,30)(H,29,31)/b27-15-. The third-order valence-corrected chi connectivity index (χ3v) is 5.12. The molecule has 10 heteroatoms. The molecule has 0 aromatic heterocycles. The molecule has 0 saturated heterocycles. The highest BCUT2D eigenvalue weighted by Gasteiger charge is 2.17. The Hall–Kier alpha value is -4.73. The van der Waals surface area contributed by atoms with E-state index in [0.29, 0.717) is 45.6 Å². The highest BCUT2D eigenvalue weighted by atomic mass is 16.5. The molecule has 10 nitrogen and oxygen atoms in total. The summed E-state index contributed by atoms with van der Waals surface area (Å²) >= 11 is 0. The van der Waals surface area contributed by atoms with Crippen LogP contribution in [-0.2, 0) is 0 Å². The highest BCUT2D eigenvalue weighted by Crippen LogP contribution is 2.38. The van der Waals surface area contributed by atoms with Gasteiger partial charge in [-0.15, -0.1) is 0 Å². The second kappa shape index (κ2) is 12.1. The van der Waals surface area contributed by atoms with Crippen LogP contribution >= 0.6 is 0 Å². The van der Waals surface area contributed by atoms with E-state index in [1.807, 2.05) is 0 Å². The summed E-state index contributed by atoms with van der Waals surface area (Å²) in [5.41, 5.74) is 4.37. The molecule has 0 heterocycles. The first-order valence-corrected chi connectivity index (χ1v) is 10.7. The lowest BCUT2D eigenvalue weighted by molar-refractivity contribution is 0.0954. The van der Waals surface area contributed by atoms with Crippen LogP contribution in [0.25, 0.3) is 0 Å². The molecule has 0 aliphatic rings. The Morgan fingerprint density at radius 2 is 1.28 bits per heavy atom. The van der Waals surface area contributed by atoms with Gasteiger partial charge in [-0.2, -0.15) is 5.10 Å². The van der Waals surface area contributed by atoms with Gasteiger partial charge in [-0.25, -0.2) is 5.43 Å². The minimum Gasteiger partial charge on any atom is -0.493 e. The molecule has 3 aromatic carbocycles. The molecular formula is C26H27N3O7. The third-order valence-electron chi connectivity index (χ3n) is 5.12. The molecular weight excluding hydrogens is 466 g/mol. The smallest absolute Gasteiger partial charge is 0.271 e. The average molecular weight is 494 g/mol. The second-order valence-corrected chi connectivity index (χ2v) is 7.26. The monoisotopic (exact) mass is 493 g/mol. The zero-order chi connectivity index (χ0) is 26.1. The van der Waals surface area contributed by atoms with Crippen LogP contribution in [0, 0.1) is 0 Å². The van der Waals surface area contributed by atoms with Gasteiger partial charge in [0.2, 0.25) is 5.75 Å². The van der Waals surface area contributed by atoms with Gasteiger partial charge in [-0.05, 0) is 60.2 Å². The predicted molar refractivity (Wildman–Crippen MR) is 135 cm³/mol. The molecule has 2 N–H and O–H groups in total. The van der Waals surface area contributed by atoms with Crippen LogP contribution in [0.3, 0.4) is 0 Å². The number of hydrazone groups is 1. The van der Waals surface area contributed by atoms with Crippen LogP contribution in [-0.4, -0.2) is 53.6 Å². The number of benzene rings is 3. The van der Waals surface area contributed by atoms with Crippen molar-refractivity contribution >= 4 is 23.7 Å². The number of rotatable bonds is 10. The van der Waals surface area contributed by atoms with E-state index >= 15 is 0 Å². The maximum absolute atomic E-state index is 12.8. The van der Waals surface area contributed by atoms with Crippen LogP contribution in [0.15, 0.2) is 59.7 Å². The zero-order valence-corrected chi connectivity index (χ0v) is 20.6. The fourth-order valence-corrected chi connectivity index (χ4v) is 3.28. The van der Waals surface area contributed by atoms with Gasteiger partial charge in [0.15, 0.2) is 23.0 Å². The summed E-state index contributed by atoms with van der Waals surface area (Å²) in [6.45, 7) is 0. The fraction of sp³-hybridized carbons (Fsp3) is 0.192. The molecule has 2 amide bonds. The van der Waals surface area contributed by atoms with Crippen LogP contribution < -0.4 is 34.4 Å². The Kier molecular flexibility index (Phi) is 8.71. The minimum atomic E-state index is -0.408. The van der Waals surface area contributed by atoms with Crippen molar-refractivity contribution in [3.63, 3.8) is 0 Å². The first-order valence-electron chi connectivity index (χ1n) is 10.7. The molecule has 0 unspecified atom stereocenters. The summed E-state index contributed by atoms with van der Waals surface area (Å²) in [7, 11) is 7.52. The van der Waals surface area contributed by atoms with E-state index in [0.717, 1.165) is 5.56 Å². The summed E-state index contributed by atoms with van der Waals surface area (Å²) in [5.74, 6) is 1.47. The van der Waals surface area contributed by atoms with Crippen molar-refractivity contribution in [1.82, 2.24) is 5.43 Å². The Morgan fingerprint density at radius 1 is 0.667 bits per heavy atom. The number of carbonyl (C=O) groups is 2. The molecule has 3 aromatic rings. The van der Waals surface area contributed by atoms with E-state index in [1.54, 1.807) is 61.7 Å². The molecule has 36 heavy (non-hydrogen) atoms. The average Bonchev–Trinajstić information content (AvgIpc) is 2.92. The van der Waals surface area contributed by atoms with Crippen molar-refractivity contribution in [2.75, 3.05) is 40.9 Å². The molecule has 0 saturated carbocycles. The first kappa shape index (κ1) is 25.9. The van der Waals surface area contributed by atoms with Crippen LogP contribution in [0.5, 0.6) is 28.7 Å². The number of carbonyl (C=O) groups excluding carboxylic acids is 2. The van der Waals surface area contributed by atoms with E-state index in [9.17, 15) is 9.59 Å². The number of hydrogen-bond donors (Lipinski definition) is 2. The van der Waals surface area contributed by atoms with E-state index in [1.165, 1.54) is 34.7 Å². The van der Waals surface area contributed by atoms with Gasteiger partial charge in [0.25, 0.3) is 11.8 Å². The molecule has 0 aliphatic heterocycles. The van der Waals surface area contributed by atoms with E-state index in [2.05, 4.69) is 15.8 Å².